The number of carbonyl (C=O) groups is 1. The molecule has 0 fully saturated rings. The van der Waals surface area contributed by atoms with Gasteiger partial charge in [-0.2, -0.15) is 0 Å². The van der Waals surface area contributed by atoms with Gasteiger partial charge in [-0.05, 0) is 6.92 Å². The molecule has 0 bridgehead atoms. The monoisotopic (exact) mass is 272 g/mol. The minimum Gasteiger partial charge on any atom is -0.461 e. The molecule has 4 nitrogen and oxygen atoms in total. The highest BCUT2D eigenvalue weighted by Crippen LogP contribution is 2.27. The highest BCUT2D eigenvalue weighted by molar-refractivity contribution is 5.89. The third kappa shape index (κ3) is 2.90. The Morgan fingerprint density at radius 2 is 1.90 bits per heavy atom. The van der Waals surface area contributed by atoms with Crippen molar-refractivity contribution in [1.29, 1.82) is 0 Å². The molecule has 0 saturated carbocycles. The minimum atomic E-state index is -0.379. The summed E-state index contributed by atoms with van der Waals surface area (Å²) < 4.78 is 5.09. The van der Waals surface area contributed by atoms with Crippen molar-refractivity contribution >= 4 is 5.97 Å². The van der Waals surface area contributed by atoms with Gasteiger partial charge in [-0.15, -0.1) is 0 Å². The number of rotatable bonds is 3. The minimum absolute atomic E-state index is 0.206. The van der Waals surface area contributed by atoms with Crippen LogP contribution in [0.5, 0.6) is 0 Å². The largest absolute Gasteiger partial charge is 0.461 e. The number of benzene rings is 1. The summed E-state index contributed by atoms with van der Waals surface area (Å²) in [6.07, 6.45) is 0. The molecule has 0 aliphatic rings. The molecular formula is C16H20N2O2. The van der Waals surface area contributed by atoms with Crippen LogP contribution in [0.3, 0.4) is 0 Å². The first-order valence-corrected chi connectivity index (χ1v) is 6.76. The van der Waals surface area contributed by atoms with Gasteiger partial charge in [0.15, 0.2) is 5.69 Å². The van der Waals surface area contributed by atoms with Crippen LogP contribution in [0.4, 0.5) is 0 Å². The van der Waals surface area contributed by atoms with E-state index in [1.807, 2.05) is 51.1 Å². The van der Waals surface area contributed by atoms with Gasteiger partial charge in [0, 0.05) is 11.0 Å². The summed E-state index contributed by atoms with van der Waals surface area (Å²) >= 11 is 0. The lowest BCUT2D eigenvalue weighted by Crippen LogP contribution is -2.18. The number of ether oxygens (including phenoxy) is 1. The van der Waals surface area contributed by atoms with E-state index < -0.39 is 0 Å². The van der Waals surface area contributed by atoms with Gasteiger partial charge in [-0.3, -0.25) is 0 Å². The van der Waals surface area contributed by atoms with Crippen LogP contribution in [0.25, 0.3) is 11.4 Å². The molecule has 0 atom stereocenters. The maximum Gasteiger partial charge on any atom is 0.358 e. The van der Waals surface area contributed by atoms with Crippen molar-refractivity contribution in [2.45, 2.75) is 33.1 Å². The first-order chi connectivity index (χ1) is 9.43. The molecule has 1 N–H and O–H groups in total. The zero-order valence-corrected chi connectivity index (χ0v) is 12.4. The highest BCUT2D eigenvalue weighted by atomic mass is 16.5. The molecule has 0 aliphatic carbocycles. The van der Waals surface area contributed by atoms with Crippen LogP contribution in [0.1, 0.15) is 43.9 Å². The van der Waals surface area contributed by atoms with Gasteiger partial charge in [-0.1, -0.05) is 51.1 Å². The molecule has 1 aromatic heterocycles. The molecule has 0 radical (unpaired) electrons. The lowest BCUT2D eigenvalue weighted by molar-refractivity contribution is 0.0517. The standard InChI is InChI=1S/C16H20N2O2/c1-5-20-15(19)12-13(16(2,3)4)18-14(17-12)11-9-7-6-8-10-11/h6-10H,5H2,1-4H3,(H,17,18). The second kappa shape index (κ2) is 5.49. The number of imidazole rings is 1. The van der Waals surface area contributed by atoms with Gasteiger partial charge in [-0.25, -0.2) is 9.78 Å². The van der Waals surface area contributed by atoms with Crippen molar-refractivity contribution in [2.75, 3.05) is 6.61 Å². The molecule has 2 rings (SSSR count). The Morgan fingerprint density at radius 3 is 2.45 bits per heavy atom. The van der Waals surface area contributed by atoms with Crippen molar-refractivity contribution in [3.8, 4) is 11.4 Å². The number of hydrogen-bond donors (Lipinski definition) is 1. The predicted octanol–water partition coefficient (Wildman–Crippen LogP) is 3.55. The Balaban J connectivity index is 2.50. The fourth-order valence-corrected chi connectivity index (χ4v) is 2.00. The molecule has 4 heteroatoms. The number of nitrogens with one attached hydrogen (secondary N) is 1. The third-order valence-electron chi connectivity index (χ3n) is 2.97. The quantitative estimate of drug-likeness (QED) is 0.869. The van der Waals surface area contributed by atoms with E-state index in [0.29, 0.717) is 18.1 Å². The Labute approximate surface area is 119 Å². The number of hydrogen-bond acceptors (Lipinski definition) is 3. The SMILES string of the molecule is CCOC(=O)c1nc(-c2ccccc2)[nH]c1C(C)(C)C. The molecule has 0 unspecified atom stereocenters. The van der Waals surface area contributed by atoms with Crippen LogP contribution in [0.15, 0.2) is 30.3 Å². The molecule has 106 valence electrons. The van der Waals surface area contributed by atoms with E-state index in [2.05, 4.69) is 9.97 Å². The summed E-state index contributed by atoms with van der Waals surface area (Å²) in [6, 6.07) is 9.75. The third-order valence-corrected chi connectivity index (χ3v) is 2.97. The molecule has 0 saturated heterocycles. The van der Waals surface area contributed by atoms with Crippen molar-refractivity contribution in [2.24, 2.45) is 0 Å². The van der Waals surface area contributed by atoms with Crippen molar-refractivity contribution in [3.63, 3.8) is 0 Å². The maximum absolute atomic E-state index is 12.1. The summed E-state index contributed by atoms with van der Waals surface area (Å²) in [5, 5.41) is 0. The van der Waals surface area contributed by atoms with Crippen molar-refractivity contribution in [1.82, 2.24) is 9.97 Å². The first-order valence-electron chi connectivity index (χ1n) is 6.76. The van der Waals surface area contributed by atoms with E-state index in [1.165, 1.54) is 0 Å². The second-order valence-electron chi connectivity index (χ2n) is 5.65. The van der Waals surface area contributed by atoms with E-state index in [9.17, 15) is 4.79 Å². The Hall–Kier alpha value is -2.10. The Kier molecular flexibility index (Phi) is 3.93. The predicted molar refractivity (Wildman–Crippen MR) is 78.7 cm³/mol. The summed E-state index contributed by atoms with van der Waals surface area (Å²) in [7, 11) is 0. The van der Waals surface area contributed by atoms with Gasteiger partial charge >= 0.3 is 5.97 Å². The highest BCUT2D eigenvalue weighted by Gasteiger charge is 2.27. The molecule has 0 amide bonds. The fraction of sp³-hybridized carbons (Fsp3) is 0.375. The number of esters is 1. The van der Waals surface area contributed by atoms with Crippen LogP contribution in [0.2, 0.25) is 0 Å². The van der Waals surface area contributed by atoms with Gasteiger partial charge < -0.3 is 9.72 Å². The smallest absolute Gasteiger partial charge is 0.358 e. The van der Waals surface area contributed by atoms with Crippen LogP contribution < -0.4 is 0 Å². The molecule has 1 aromatic carbocycles. The second-order valence-corrected chi connectivity index (χ2v) is 5.65. The Bertz CT molecular complexity index is 595. The van der Waals surface area contributed by atoms with E-state index in [0.717, 1.165) is 11.3 Å². The van der Waals surface area contributed by atoms with E-state index >= 15 is 0 Å². The average molecular weight is 272 g/mol. The normalized spacial score (nSPS) is 11.4. The summed E-state index contributed by atoms with van der Waals surface area (Å²) in [5.74, 6) is 0.314. The first kappa shape index (κ1) is 14.3. The maximum atomic E-state index is 12.1. The zero-order valence-electron chi connectivity index (χ0n) is 12.4. The van der Waals surface area contributed by atoms with Crippen LogP contribution in [-0.4, -0.2) is 22.5 Å². The molecule has 1 heterocycles. The van der Waals surface area contributed by atoms with Gasteiger partial charge in [0.2, 0.25) is 0 Å². The molecule has 20 heavy (non-hydrogen) atoms. The van der Waals surface area contributed by atoms with Crippen LogP contribution in [-0.2, 0) is 10.2 Å². The fourth-order valence-electron chi connectivity index (χ4n) is 2.00. The van der Waals surface area contributed by atoms with Gasteiger partial charge in [0.1, 0.15) is 5.82 Å². The Morgan fingerprint density at radius 1 is 1.25 bits per heavy atom. The number of aromatic amines is 1. The van der Waals surface area contributed by atoms with Crippen molar-refractivity contribution in [3.05, 3.63) is 41.7 Å². The molecule has 0 spiro atoms. The molecule has 2 aromatic rings. The van der Waals surface area contributed by atoms with E-state index in [-0.39, 0.29) is 11.4 Å². The van der Waals surface area contributed by atoms with Crippen molar-refractivity contribution < 1.29 is 9.53 Å². The number of H-pyrrole nitrogens is 1. The van der Waals surface area contributed by atoms with Crippen LogP contribution >= 0.6 is 0 Å². The average Bonchev–Trinajstić information content (AvgIpc) is 2.85. The lowest BCUT2D eigenvalue weighted by Gasteiger charge is -2.17. The van der Waals surface area contributed by atoms with Crippen LogP contribution in [0, 0.1) is 0 Å². The van der Waals surface area contributed by atoms with Gasteiger partial charge in [0.05, 0.1) is 12.3 Å². The zero-order chi connectivity index (χ0) is 14.8. The molecular weight excluding hydrogens is 252 g/mol. The van der Waals surface area contributed by atoms with Gasteiger partial charge in [0.25, 0.3) is 0 Å². The topological polar surface area (TPSA) is 55.0 Å². The summed E-state index contributed by atoms with van der Waals surface area (Å²) in [5.41, 5.74) is 1.92. The summed E-state index contributed by atoms with van der Waals surface area (Å²) in [6.45, 7) is 8.25. The van der Waals surface area contributed by atoms with E-state index in [1.54, 1.807) is 6.92 Å². The lowest BCUT2D eigenvalue weighted by atomic mass is 9.91. The number of aromatic nitrogens is 2. The van der Waals surface area contributed by atoms with E-state index in [4.69, 9.17) is 4.74 Å². The summed E-state index contributed by atoms with van der Waals surface area (Å²) in [4.78, 5) is 19.8. The number of carbonyl (C=O) groups excluding carboxylic acids is 1. The number of nitrogens with zero attached hydrogens (tertiary/aromatic N) is 1. The molecule has 0 aliphatic heterocycles.